The molecule has 0 aliphatic carbocycles. The van der Waals surface area contributed by atoms with E-state index in [0.29, 0.717) is 25.7 Å². The van der Waals surface area contributed by atoms with Crippen molar-refractivity contribution in [1.82, 2.24) is 0 Å². The van der Waals surface area contributed by atoms with Crippen LogP contribution in [0.1, 0.15) is 472 Å². The van der Waals surface area contributed by atoms with Crippen LogP contribution in [0.25, 0.3) is 0 Å². The van der Waals surface area contributed by atoms with E-state index in [4.69, 9.17) is 37.0 Å². The van der Waals surface area contributed by atoms with Gasteiger partial charge in [0.05, 0.1) is 26.4 Å². The molecule has 108 heavy (non-hydrogen) atoms. The van der Waals surface area contributed by atoms with Gasteiger partial charge in [0.2, 0.25) is 0 Å². The van der Waals surface area contributed by atoms with Gasteiger partial charge in [-0.1, -0.05) is 421 Å². The fourth-order valence-corrected chi connectivity index (χ4v) is 15.4. The number of carbonyl (C=O) groups is 4. The largest absolute Gasteiger partial charge is 0.472 e. The van der Waals surface area contributed by atoms with E-state index in [1.54, 1.807) is 0 Å². The Morgan fingerprint density at radius 3 is 0.704 bits per heavy atom. The van der Waals surface area contributed by atoms with Gasteiger partial charge in [-0.05, 0) is 43.4 Å². The van der Waals surface area contributed by atoms with Gasteiger partial charge in [0, 0.05) is 25.7 Å². The van der Waals surface area contributed by atoms with Gasteiger partial charge in [0.1, 0.15) is 19.3 Å². The first kappa shape index (κ1) is 106. The van der Waals surface area contributed by atoms with Crippen molar-refractivity contribution in [2.24, 2.45) is 17.8 Å². The normalized spacial score (nSPS) is 14.1. The van der Waals surface area contributed by atoms with Gasteiger partial charge in [-0.15, -0.1) is 0 Å². The summed E-state index contributed by atoms with van der Waals surface area (Å²) in [6.45, 7) is 12.1. The molecule has 0 rings (SSSR count). The molecule has 0 fully saturated rings. The molecule has 0 aliphatic heterocycles. The Morgan fingerprint density at radius 1 is 0.269 bits per heavy atom. The summed E-state index contributed by atoms with van der Waals surface area (Å²) in [5, 5.41) is 10.7. The Balaban J connectivity index is 5.22. The van der Waals surface area contributed by atoms with E-state index in [1.165, 1.54) is 283 Å². The standard InChI is InChI=1S/C89H174O17P2/c1-8-10-11-12-13-14-42-49-56-63-70-86(91)99-76-84(105-89(94)73-66-59-52-45-38-32-26-25-28-34-40-47-54-61-68-81(5)6)78-103-107(95,96)101-74-83(90)75-102-108(97,98)104-79-85(77-100-87(92)71-64-57-50-43-36-30-23-20-19-21-27-33-39-46-53-60-67-80(3)4)106-88(93)72-65-58-51-44-37-31-24-18-16-15-17-22-29-35-41-48-55-62-69-82(7)9-2/h80-85,90H,8-79H2,1-7H3,(H,95,96)(H,97,98)/t82?,83-,84+,85+/m0/s1. The Labute approximate surface area is 664 Å². The van der Waals surface area contributed by atoms with E-state index in [2.05, 4.69) is 48.5 Å². The maximum absolute atomic E-state index is 13.2. The lowest BCUT2D eigenvalue weighted by Gasteiger charge is -2.21. The number of aliphatic hydroxyl groups is 1. The van der Waals surface area contributed by atoms with Crippen molar-refractivity contribution in [1.29, 1.82) is 0 Å². The zero-order valence-corrected chi connectivity index (χ0v) is 73.1. The molecule has 0 heterocycles. The van der Waals surface area contributed by atoms with E-state index in [9.17, 15) is 43.2 Å². The zero-order valence-electron chi connectivity index (χ0n) is 71.3. The first-order valence-electron chi connectivity index (χ1n) is 45.9. The maximum atomic E-state index is 13.2. The minimum absolute atomic E-state index is 0.108. The molecule has 0 spiro atoms. The molecule has 3 N–H and O–H groups in total. The molecule has 6 atom stereocenters. The first-order chi connectivity index (χ1) is 52.3. The van der Waals surface area contributed by atoms with E-state index in [-0.39, 0.29) is 25.7 Å². The number of esters is 4. The lowest BCUT2D eigenvalue weighted by Crippen LogP contribution is -2.30. The predicted octanol–water partition coefficient (Wildman–Crippen LogP) is 27.3. The van der Waals surface area contributed by atoms with Crippen LogP contribution in [-0.4, -0.2) is 96.7 Å². The van der Waals surface area contributed by atoms with Gasteiger partial charge in [0.15, 0.2) is 12.2 Å². The van der Waals surface area contributed by atoms with Crippen molar-refractivity contribution in [3.05, 3.63) is 0 Å². The summed E-state index contributed by atoms with van der Waals surface area (Å²) in [7, 11) is -9.93. The summed E-state index contributed by atoms with van der Waals surface area (Å²) in [6, 6.07) is 0. The Hall–Kier alpha value is -1.94. The van der Waals surface area contributed by atoms with Gasteiger partial charge in [-0.2, -0.15) is 0 Å². The Morgan fingerprint density at radius 2 is 0.472 bits per heavy atom. The van der Waals surface area contributed by atoms with E-state index in [0.717, 1.165) is 108 Å². The second kappa shape index (κ2) is 78.9. The van der Waals surface area contributed by atoms with Crippen molar-refractivity contribution < 1.29 is 80.2 Å². The monoisotopic (exact) mass is 1580 g/mol. The molecule has 0 aromatic rings. The van der Waals surface area contributed by atoms with Crippen molar-refractivity contribution in [3.8, 4) is 0 Å². The molecule has 0 saturated heterocycles. The second-order valence-electron chi connectivity index (χ2n) is 33.2. The topological polar surface area (TPSA) is 237 Å². The predicted molar refractivity (Wildman–Crippen MR) is 446 cm³/mol. The molecule has 17 nitrogen and oxygen atoms in total. The third kappa shape index (κ3) is 80.7. The molecule has 642 valence electrons. The highest BCUT2D eigenvalue weighted by Crippen LogP contribution is 2.45. The van der Waals surface area contributed by atoms with Gasteiger partial charge < -0.3 is 33.8 Å². The van der Waals surface area contributed by atoms with E-state index in [1.807, 2.05) is 0 Å². The van der Waals surface area contributed by atoms with Gasteiger partial charge in [-0.25, -0.2) is 9.13 Å². The van der Waals surface area contributed by atoms with Crippen molar-refractivity contribution in [2.45, 2.75) is 491 Å². The number of hydrogen-bond acceptors (Lipinski definition) is 15. The van der Waals surface area contributed by atoms with Crippen LogP contribution in [0, 0.1) is 17.8 Å². The zero-order chi connectivity index (χ0) is 79.3. The average molecular weight is 1580 g/mol. The maximum Gasteiger partial charge on any atom is 0.472 e. The van der Waals surface area contributed by atoms with E-state index >= 15 is 0 Å². The number of aliphatic hydroxyl groups excluding tert-OH is 1. The quantitative estimate of drug-likeness (QED) is 0.0222. The molecular formula is C89H174O17P2. The fourth-order valence-electron chi connectivity index (χ4n) is 13.9. The van der Waals surface area contributed by atoms with Crippen LogP contribution in [-0.2, 0) is 65.4 Å². The first-order valence-corrected chi connectivity index (χ1v) is 48.9. The number of hydrogen-bond donors (Lipinski definition) is 3. The molecule has 0 radical (unpaired) electrons. The molecule has 3 unspecified atom stereocenters. The van der Waals surface area contributed by atoms with Crippen molar-refractivity contribution >= 4 is 39.5 Å². The molecule has 0 bridgehead atoms. The van der Waals surface area contributed by atoms with Crippen LogP contribution in [0.3, 0.4) is 0 Å². The average Bonchev–Trinajstić information content (AvgIpc) is 0.899. The fraction of sp³-hybridized carbons (Fsp3) is 0.955. The smallest absolute Gasteiger partial charge is 0.462 e. The minimum Gasteiger partial charge on any atom is -0.462 e. The molecular weight excluding hydrogens is 1400 g/mol. The highest BCUT2D eigenvalue weighted by molar-refractivity contribution is 7.47. The number of ether oxygens (including phenoxy) is 4. The number of rotatable bonds is 87. The molecule has 0 saturated carbocycles. The Kier molecular flexibility index (Phi) is 77.5. The van der Waals surface area contributed by atoms with E-state index < -0.39 is 97.5 Å². The molecule has 19 heteroatoms. The Bertz CT molecular complexity index is 2080. The number of phosphoric ester groups is 2. The van der Waals surface area contributed by atoms with Crippen LogP contribution in [0.15, 0.2) is 0 Å². The summed E-state index contributed by atoms with van der Waals surface area (Å²) < 4.78 is 69.0. The summed E-state index contributed by atoms with van der Waals surface area (Å²) in [5.74, 6) is 0.378. The van der Waals surface area contributed by atoms with Gasteiger partial charge >= 0.3 is 39.5 Å². The minimum atomic E-state index is -4.97. The number of phosphoric acid groups is 2. The molecule has 0 aromatic carbocycles. The third-order valence-electron chi connectivity index (χ3n) is 21.2. The van der Waals surface area contributed by atoms with Gasteiger partial charge in [0.25, 0.3) is 0 Å². The third-order valence-corrected chi connectivity index (χ3v) is 23.1. The summed E-state index contributed by atoms with van der Waals surface area (Å²) in [5.41, 5.74) is 0. The van der Waals surface area contributed by atoms with Crippen LogP contribution >= 0.6 is 15.6 Å². The van der Waals surface area contributed by atoms with Gasteiger partial charge in [-0.3, -0.25) is 37.3 Å². The van der Waals surface area contributed by atoms with Crippen LogP contribution in [0.5, 0.6) is 0 Å². The van der Waals surface area contributed by atoms with Crippen LogP contribution in [0.4, 0.5) is 0 Å². The highest BCUT2D eigenvalue weighted by Gasteiger charge is 2.31. The van der Waals surface area contributed by atoms with Crippen molar-refractivity contribution in [2.75, 3.05) is 39.6 Å². The summed E-state index contributed by atoms with van der Waals surface area (Å²) >= 11 is 0. The summed E-state index contributed by atoms with van der Waals surface area (Å²) in [6.07, 6.45) is 70.8. The lowest BCUT2D eigenvalue weighted by atomic mass is 9.99. The lowest BCUT2D eigenvalue weighted by molar-refractivity contribution is -0.161. The number of unbranched alkanes of at least 4 members (excludes halogenated alkanes) is 54. The molecule has 0 aromatic heterocycles. The van der Waals surface area contributed by atoms with Crippen molar-refractivity contribution in [3.63, 3.8) is 0 Å². The number of carbonyl (C=O) groups excluding carboxylic acids is 4. The second-order valence-corrected chi connectivity index (χ2v) is 36.1. The highest BCUT2D eigenvalue weighted by atomic mass is 31.2. The summed E-state index contributed by atoms with van der Waals surface area (Å²) in [4.78, 5) is 73.3. The molecule has 0 amide bonds. The van der Waals surface area contributed by atoms with Crippen LogP contribution in [0.2, 0.25) is 0 Å². The SMILES string of the molecule is CCCCCCCCCCCCC(=O)OC[C@H](COP(=O)(O)OC[C@H](O)COP(=O)(O)OC[C@@H](COC(=O)CCCCCCCCCCCCCCCCCCC(C)C)OC(=O)CCCCCCCCCCCCCCCCCCCCC(C)CC)OC(=O)CCCCCCCCCCCCCCCCC(C)C. The molecule has 0 aliphatic rings. The van der Waals surface area contributed by atoms with Crippen LogP contribution < -0.4 is 0 Å².